The molecule has 0 amide bonds. The van der Waals surface area contributed by atoms with Crippen LogP contribution in [0.1, 0.15) is 24.0 Å². The number of benzene rings is 5. The Kier molecular flexibility index (Phi) is 4.81. The molecular formula is C31H25N. The van der Waals surface area contributed by atoms with Crippen molar-refractivity contribution in [3.05, 3.63) is 114 Å². The molecule has 0 bridgehead atoms. The van der Waals surface area contributed by atoms with E-state index < -0.39 is 0 Å². The third kappa shape index (κ3) is 3.40. The van der Waals surface area contributed by atoms with Gasteiger partial charge in [0.1, 0.15) is 0 Å². The van der Waals surface area contributed by atoms with E-state index in [2.05, 4.69) is 71.7 Å². The van der Waals surface area contributed by atoms with E-state index in [4.69, 9.17) is 0 Å². The van der Waals surface area contributed by atoms with E-state index in [0.29, 0.717) is 0 Å². The standard InChI is InChI=1S/C18H16.C13H9N/c1-3-7-15-13(5-1)9-11-18-16-8-4-2-6-14(16)10-12-17(15)18;1-3-7-12-10(5-1)9-11-6-2-4-8-13(11)14-12/h1,3,5,7,9-12H,2,4,6,8H2;1-9H. The van der Waals surface area contributed by atoms with Gasteiger partial charge in [0, 0.05) is 10.8 Å². The fourth-order valence-electron chi connectivity index (χ4n) is 5.06. The molecule has 1 heterocycles. The molecule has 0 N–H and O–H groups in total. The first kappa shape index (κ1) is 19.0. The van der Waals surface area contributed by atoms with Crippen LogP contribution in [-0.4, -0.2) is 4.98 Å². The van der Waals surface area contributed by atoms with Crippen molar-refractivity contribution < 1.29 is 0 Å². The molecule has 0 atom stereocenters. The van der Waals surface area contributed by atoms with Gasteiger partial charge in [0.2, 0.25) is 0 Å². The van der Waals surface area contributed by atoms with Gasteiger partial charge in [-0.2, -0.15) is 0 Å². The van der Waals surface area contributed by atoms with Gasteiger partial charge >= 0.3 is 0 Å². The van der Waals surface area contributed by atoms with Crippen molar-refractivity contribution in [3.8, 4) is 0 Å². The smallest absolute Gasteiger partial charge is 0.0709 e. The molecule has 1 aliphatic rings. The van der Waals surface area contributed by atoms with Crippen LogP contribution in [0.5, 0.6) is 0 Å². The Hall–Kier alpha value is -3.71. The zero-order valence-corrected chi connectivity index (χ0v) is 18.1. The Morgan fingerprint density at radius 1 is 0.469 bits per heavy atom. The lowest BCUT2D eigenvalue weighted by Gasteiger charge is -2.18. The number of hydrogen-bond donors (Lipinski definition) is 0. The van der Waals surface area contributed by atoms with Gasteiger partial charge in [-0.25, -0.2) is 4.98 Å². The van der Waals surface area contributed by atoms with Crippen molar-refractivity contribution in [3.63, 3.8) is 0 Å². The minimum atomic E-state index is 1.06. The van der Waals surface area contributed by atoms with Gasteiger partial charge in [0.25, 0.3) is 0 Å². The van der Waals surface area contributed by atoms with Crippen LogP contribution in [0.2, 0.25) is 0 Å². The molecule has 5 aromatic carbocycles. The van der Waals surface area contributed by atoms with Gasteiger partial charge in [0.15, 0.2) is 0 Å². The molecule has 7 rings (SSSR count). The summed E-state index contributed by atoms with van der Waals surface area (Å²) in [5.74, 6) is 0. The van der Waals surface area contributed by atoms with Crippen LogP contribution in [0.4, 0.5) is 0 Å². The number of pyridine rings is 1. The summed E-state index contributed by atoms with van der Waals surface area (Å²) in [6.07, 6.45) is 5.22. The SMILES string of the molecule is c1ccc2c(c1)ccc1c3c(ccc12)CCCC3.c1ccc2nc3ccccc3cc2c1. The molecule has 0 fully saturated rings. The molecule has 0 saturated carbocycles. The molecule has 0 spiro atoms. The fraction of sp³-hybridized carbons (Fsp3) is 0.129. The lowest BCUT2D eigenvalue weighted by molar-refractivity contribution is 0.690. The highest BCUT2D eigenvalue weighted by Crippen LogP contribution is 2.33. The van der Waals surface area contributed by atoms with Crippen molar-refractivity contribution in [2.24, 2.45) is 0 Å². The Labute approximate surface area is 188 Å². The highest BCUT2D eigenvalue weighted by Gasteiger charge is 2.13. The molecule has 1 aromatic heterocycles. The number of nitrogens with zero attached hydrogens (tertiary/aromatic N) is 1. The average molecular weight is 412 g/mol. The maximum atomic E-state index is 4.58. The summed E-state index contributed by atoms with van der Waals surface area (Å²) in [4.78, 5) is 4.58. The van der Waals surface area contributed by atoms with E-state index in [0.717, 1.165) is 11.0 Å². The molecule has 1 heteroatoms. The number of aromatic nitrogens is 1. The second kappa shape index (κ2) is 8.09. The summed E-state index contributed by atoms with van der Waals surface area (Å²) in [6, 6.07) is 36.5. The molecule has 1 aliphatic carbocycles. The summed E-state index contributed by atoms with van der Waals surface area (Å²) in [5.41, 5.74) is 5.30. The molecular weight excluding hydrogens is 386 g/mol. The first-order chi connectivity index (χ1) is 15.9. The van der Waals surface area contributed by atoms with E-state index in [1.54, 1.807) is 11.1 Å². The summed E-state index contributed by atoms with van der Waals surface area (Å²) in [6.45, 7) is 0. The van der Waals surface area contributed by atoms with Gasteiger partial charge < -0.3 is 0 Å². The Bertz CT molecular complexity index is 1470. The topological polar surface area (TPSA) is 12.9 Å². The third-order valence-electron chi connectivity index (χ3n) is 6.68. The molecule has 0 radical (unpaired) electrons. The van der Waals surface area contributed by atoms with Crippen molar-refractivity contribution in [1.82, 2.24) is 4.98 Å². The molecule has 1 nitrogen and oxygen atoms in total. The third-order valence-corrected chi connectivity index (χ3v) is 6.68. The van der Waals surface area contributed by atoms with Gasteiger partial charge in [0.05, 0.1) is 11.0 Å². The predicted molar refractivity (Wildman–Crippen MR) is 137 cm³/mol. The quantitative estimate of drug-likeness (QED) is 0.181. The molecule has 0 saturated heterocycles. The number of para-hydroxylation sites is 2. The van der Waals surface area contributed by atoms with E-state index in [1.807, 2.05) is 36.4 Å². The first-order valence-electron chi connectivity index (χ1n) is 11.5. The van der Waals surface area contributed by atoms with Crippen LogP contribution in [0.3, 0.4) is 0 Å². The monoisotopic (exact) mass is 411 g/mol. The predicted octanol–water partition coefficient (Wildman–Crippen LogP) is 8.26. The van der Waals surface area contributed by atoms with Gasteiger partial charge in [-0.15, -0.1) is 0 Å². The van der Waals surface area contributed by atoms with Crippen molar-refractivity contribution in [1.29, 1.82) is 0 Å². The van der Waals surface area contributed by atoms with Gasteiger partial charge in [-0.3, -0.25) is 0 Å². The van der Waals surface area contributed by atoms with Crippen LogP contribution in [0.15, 0.2) is 103 Å². The maximum Gasteiger partial charge on any atom is 0.0709 e. The van der Waals surface area contributed by atoms with E-state index >= 15 is 0 Å². The minimum absolute atomic E-state index is 1.06. The molecule has 6 aromatic rings. The van der Waals surface area contributed by atoms with Crippen LogP contribution >= 0.6 is 0 Å². The highest BCUT2D eigenvalue weighted by molar-refractivity contribution is 6.08. The number of fused-ring (bicyclic) bond motifs is 7. The highest BCUT2D eigenvalue weighted by atomic mass is 14.7. The lowest BCUT2D eigenvalue weighted by Crippen LogP contribution is -2.02. The first-order valence-corrected chi connectivity index (χ1v) is 11.5. The fourth-order valence-corrected chi connectivity index (χ4v) is 5.06. The van der Waals surface area contributed by atoms with Crippen LogP contribution in [-0.2, 0) is 12.8 Å². The van der Waals surface area contributed by atoms with Crippen molar-refractivity contribution in [2.45, 2.75) is 25.7 Å². The Morgan fingerprint density at radius 2 is 1.09 bits per heavy atom. The summed E-state index contributed by atoms with van der Waals surface area (Å²) in [7, 11) is 0. The second-order valence-electron chi connectivity index (χ2n) is 8.67. The summed E-state index contributed by atoms with van der Waals surface area (Å²) < 4.78 is 0. The van der Waals surface area contributed by atoms with Crippen LogP contribution in [0, 0.1) is 0 Å². The molecule has 0 unspecified atom stereocenters. The zero-order chi connectivity index (χ0) is 21.3. The van der Waals surface area contributed by atoms with Crippen molar-refractivity contribution >= 4 is 43.4 Å². The van der Waals surface area contributed by atoms with Crippen molar-refractivity contribution in [2.75, 3.05) is 0 Å². The largest absolute Gasteiger partial charge is 0.248 e. The van der Waals surface area contributed by atoms with Gasteiger partial charge in [-0.05, 0) is 76.6 Å². The second-order valence-corrected chi connectivity index (χ2v) is 8.67. The molecule has 0 aliphatic heterocycles. The number of rotatable bonds is 0. The summed E-state index contributed by atoms with van der Waals surface area (Å²) >= 11 is 0. The molecule has 154 valence electrons. The normalized spacial score (nSPS) is 13.1. The Morgan fingerprint density at radius 3 is 1.88 bits per heavy atom. The minimum Gasteiger partial charge on any atom is -0.248 e. The van der Waals surface area contributed by atoms with E-state index in [-0.39, 0.29) is 0 Å². The summed E-state index contributed by atoms with van der Waals surface area (Å²) in [5, 5.41) is 8.04. The van der Waals surface area contributed by atoms with E-state index in [9.17, 15) is 0 Å². The zero-order valence-electron chi connectivity index (χ0n) is 18.1. The molecule has 32 heavy (non-hydrogen) atoms. The van der Waals surface area contributed by atoms with Crippen LogP contribution in [0.25, 0.3) is 43.4 Å². The Balaban J connectivity index is 0.000000126. The maximum absolute atomic E-state index is 4.58. The van der Waals surface area contributed by atoms with Gasteiger partial charge in [-0.1, -0.05) is 84.9 Å². The van der Waals surface area contributed by atoms with Crippen LogP contribution < -0.4 is 0 Å². The number of hydrogen-bond acceptors (Lipinski definition) is 1. The lowest BCUT2D eigenvalue weighted by atomic mass is 9.86. The van der Waals surface area contributed by atoms with E-state index in [1.165, 1.54) is 58.0 Å². The average Bonchev–Trinajstić information content (AvgIpc) is 2.87. The number of aryl methyl sites for hydroxylation is 2.